The smallest absolute Gasteiger partial charge is 0.749 e. The number of hydrogen-bond donors (Lipinski definition) is 0. The molecule has 0 saturated carbocycles. The molecule has 0 spiro atoms. The summed E-state index contributed by atoms with van der Waals surface area (Å²) in [7, 11) is 0. The van der Waals surface area contributed by atoms with Crippen LogP contribution in [-0.4, -0.2) is 35.0 Å². The third kappa shape index (κ3) is 50.1. The molecule has 0 rings (SSSR count). The first-order valence-corrected chi connectivity index (χ1v) is 6.00. The van der Waals surface area contributed by atoms with Gasteiger partial charge in [-0.1, -0.05) is 0 Å². The van der Waals surface area contributed by atoms with Crippen molar-refractivity contribution in [1.29, 1.82) is 0 Å². The quantitative estimate of drug-likeness (QED) is 0.239. The van der Waals surface area contributed by atoms with Gasteiger partial charge in [0.05, 0.1) is 45.4 Å². The van der Waals surface area contributed by atoms with Crippen LogP contribution >= 0.6 is 0 Å². The van der Waals surface area contributed by atoms with Crippen molar-refractivity contribution in [3.05, 3.63) is 0 Å². The van der Waals surface area contributed by atoms with Gasteiger partial charge in [-0.2, -0.15) is 0 Å². The first-order chi connectivity index (χ1) is 6.25. The Hall–Kier alpha value is 4.10. The van der Waals surface area contributed by atoms with Crippen molar-refractivity contribution in [1.82, 2.24) is 0 Å². The minimum absolute atomic E-state index is 0. The first kappa shape index (κ1) is 38.0. The fourth-order valence-corrected chi connectivity index (χ4v) is 0.816. The van der Waals surface area contributed by atoms with Gasteiger partial charge in [-0.3, -0.25) is 0 Å². The molecule has 0 heterocycles. The predicted molar refractivity (Wildman–Crippen MR) is 37.8 cm³/mol. The molecule has 0 amide bonds. The Kier molecular flexibility index (Phi) is 54.9. The predicted octanol–water partition coefficient (Wildman–Crippen LogP) is -11.8. The molecule has 0 aromatic heterocycles. The molecule has 0 bridgehead atoms. The summed E-state index contributed by atoms with van der Waals surface area (Å²) in [6.07, 6.45) is 0. The van der Waals surface area contributed by atoms with E-state index in [1.54, 1.807) is 0 Å². The van der Waals surface area contributed by atoms with E-state index in [1.807, 2.05) is 0 Å². The van der Waals surface area contributed by atoms with Crippen molar-refractivity contribution in [3.8, 4) is 0 Å². The van der Waals surface area contributed by atoms with E-state index in [4.69, 9.17) is 0 Å². The van der Waals surface area contributed by atoms with E-state index in [0.29, 0.717) is 0 Å². The van der Waals surface area contributed by atoms with E-state index in [1.165, 1.54) is 0 Å². The van der Waals surface area contributed by atoms with E-state index in [9.17, 15) is 35.0 Å². The maximum absolute atomic E-state index is 9.19. The minimum Gasteiger partial charge on any atom is -0.749 e. The Morgan fingerprint density at radius 2 is 0.667 bits per heavy atom. The van der Waals surface area contributed by atoms with Crippen molar-refractivity contribution in [2.24, 2.45) is 0 Å². The molecule has 0 aliphatic rings. The zero-order valence-corrected chi connectivity index (χ0v) is 20.4. The van der Waals surface area contributed by atoms with Crippen LogP contribution in [0.15, 0.2) is 0 Å². The normalized spacial score (nSPS) is 14.4. The van der Waals surface area contributed by atoms with Crippen LogP contribution in [-0.2, 0) is 75.1 Å². The maximum atomic E-state index is 9.19. The third-order valence-electron chi connectivity index (χ3n) is 0.222. The Labute approximate surface area is 195 Å². The number of rotatable bonds is 4. The molecule has 0 fully saturated rings. The monoisotopic (exact) mass is 554 g/mol. The summed E-state index contributed by atoms with van der Waals surface area (Å²) in [5.74, 6) is 0. The van der Waals surface area contributed by atoms with Crippen LogP contribution in [0.5, 0.6) is 0 Å². The molecule has 0 atom stereocenters. The molecule has 10 nitrogen and oxygen atoms in total. The summed E-state index contributed by atoms with van der Waals surface area (Å²) in [5, 5.41) is 0. The molecule has 98 valence electrons. The Bertz CT molecular complexity index is 208. The molecular weight excluding hydrogens is 554 g/mol. The molecule has 0 unspecified atom stereocenters. The maximum Gasteiger partial charge on any atom is 1.00 e. The number of hydrogen-bond acceptors (Lipinski definition) is 10. The summed E-state index contributed by atoms with van der Waals surface area (Å²) < 4.78 is 79.7. The second-order valence-electron chi connectivity index (χ2n) is 0.953. The summed E-state index contributed by atoms with van der Waals surface area (Å²) in [6, 6.07) is 0. The van der Waals surface area contributed by atoms with Crippen LogP contribution in [0.2, 0.25) is 0 Å². The molecule has 0 aromatic rings. The zero-order chi connectivity index (χ0) is 11.7. The van der Waals surface area contributed by atoms with E-state index < -0.39 is 45.4 Å². The van der Waals surface area contributed by atoms with Crippen LogP contribution < -0.4 is 88.7 Å². The molecule has 0 aliphatic heterocycles. The molecule has 0 N–H and O–H groups in total. The molecule has 0 aromatic carbocycles. The van der Waals surface area contributed by atoms with Crippen LogP contribution in [0.3, 0.4) is 0 Å². The second kappa shape index (κ2) is 26.0. The average molecular weight is 554 g/mol. The Morgan fingerprint density at radius 1 is 0.556 bits per heavy atom. The van der Waals surface area contributed by atoms with Crippen molar-refractivity contribution >= 4 is 45.4 Å². The van der Waals surface area contributed by atoms with Crippen molar-refractivity contribution in [2.45, 2.75) is 0 Å². The van der Waals surface area contributed by atoms with E-state index in [0.717, 1.165) is 0 Å². The van der Waals surface area contributed by atoms with Crippen LogP contribution in [0, 0.1) is 0 Å². The zero-order valence-electron chi connectivity index (χ0n) is 9.02. The fourth-order valence-electron chi connectivity index (χ4n) is 0.0907. The third-order valence-corrected chi connectivity index (χ3v) is 2.00. The Balaban J connectivity index is -0.0000000327. The summed E-state index contributed by atoms with van der Waals surface area (Å²) in [5.41, 5.74) is 0. The van der Waals surface area contributed by atoms with E-state index in [2.05, 4.69) is 7.26 Å². The first-order valence-electron chi connectivity index (χ1n) is 2.00. The van der Waals surface area contributed by atoms with Crippen LogP contribution in [0.4, 0.5) is 0 Å². The van der Waals surface area contributed by atoms with Crippen molar-refractivity contribution in [2.75, 3.05) is 0 Å². The standard InChI is InChI=1S/Au.3Na.2H2O5S2/c;;;;2*1-6(2)5-7(3)4/h;;;;2*(H,1,2)(H,3,4)/q4*+1;;/p-4. The fraction of sp³-hybridized carbons (Fsp3) is 0. The minimum atomic E-state index is -2.96. The second-order valence-corrected chi connectivity index (χ2v) is 3.67. The van der Waals surface area contributed by atoms with Gasteiger partial charge in [-0.15, -0.1) is 0 Å². The molecular formula is AuNa3O10S4. The van der Waals surface area contributed by atoms with Gasteiger partial charge in [0.15, 0.2) is 0 Å². The molecule has 0 saturated heterocycles. The van der Waals surface area contributed by atoms with E-state index in [-0.39, 0.29) is 111 Å². The molecule has 18 heavy (non-hydrogen) atoms. The van der Waals surface area contributed by atoms with Gasteiger partial charge in [0, 0.05) is 0 Å². The molecule has 0 radical (unpaired) electrons. The van der Waals surface area contributed by atoms with Gasteiger partial charge in [-0.05, 0) is 0 Å². The van der Waals surface area contributed by atoms with E-state index >= 15 is 0 Å². The largest absolute Gasteiger partial charge is 1.00 e. The summed E-state index contributed by atoms with van der Waals surface area (Å²) in [6.45, 7) is 0. The van der Waals surface area contributed by atoms with Gasteiger partial charge < -0.3 is 18.2 Å². The van der Waals surface area contributed by atoms with Crippen LogP contribution in [0.1, 0.15) is 0 Å². The van der Waals surface area contributed by atoms with Gasteiger partial charge in [0.1, 0.15) is 0 Å². The van der Waals surface area contributed by atoms with Crippen LogP contribution in [0.25, 0.3) is 0 Å². The van der Waals surface area contributed by atoms with Gasteiger partial charge in [0.25, 0.3) is 0 Å². The summed E-state index contributed by atoms with van der Waals surface area (Å²) >= 11 is -11.8. The van der Waals surface area contributed by atoms with Crippen molar-refractivity contribution in [3.63, 3.8) is 0 Å². The van der Waals surface area contributed by atoms with Gasteiger partial charge >= 0.3 is 111 Å². The Morgan fingerprint density at radius 3 is 0.667 bits per heavy atom. The van der Waals surface area contributed by atoms with Crippen molar-refractivity contribution < 1.29 is 153 Å². The summed E-state index contributed by atoms with van der Waals surface area (Å²) in [4.78, 5) is 0. The van der Waals surface area contributed by atoms with Gasteiger partial charge in [-0.25, -0.2) is 24.1 Å². The average Bonchev–Trinajstić information content (AvgIpc) is 1.79. The topological polar surface area (TPSA) is 179 Å². The van der Waals surface area contributed by atoms with Gasteiger partial charge in [0.2, 0.25) is 0 Å². The SMILES string of the molecule is O=S([O-])OS(=O)[O-].O=S([O-])OS(=O)[O-].[Au+].[Na+].[Na+].[Na+]. The molecule has 0 aliphatic carbocycles. The molecule has 18 heteroatoms.